The summed E-state index contributed by atoms with van der Waals surface area (Å²) in [7, 11) is 2.86. The monoisotopic (exact) mass is 495 g/mol. The van der Waals surface area contributed by atoms with Gasteiger partial charge in [-0.15, -0.1) is 24.0 Å². The molecule has 0 spiro atoms. The molecule has 26 heavy (non-hydrogen) atoms. The van der Waals surface area contributed by atoms with Crippen molar-refractivity contribution in [1.82, 2.24) is 10.2 Å². The van der Waals surface area contributed by atoms with Gasteiger partial charge in [-0.3, -0.25) is 9.20 Å². The summed E-state index contributed by atoms with van der Waals surface area (Å²) in [6, 6.07) is 6.22. The van der Waals surface area contributed by atoms with Gasteiger partial charge in [-0.2, -0.15) is 0 Å². The number of aliphatic imine (C=N–C) groups is 1. The number of nitrogens with one attached hydrogen (secondary N) is 1. The first-order valence-corrected chi connectivity index (χ1v) is 9.96. The number of nitrogens with zero attached hydrogens (tertiary/aromatic N) is 2. The van der Waals surface area contributed by atoms with E-state index in [0.717, 1.165) is 18.3 Å². The minimum Gasteiger partial charge on any atom is -0.492 e. The molecule has 0 amide bonds. The maximum Gasteiger partial charge on any atom is 0.193 e. The maximum atomic E-state index is 12.1. The van der Waals surface area contributed by atoms with E-state index in [1.807, 2.05) is 44.9 Å². The third-order valence-corrected chi connectivity index (χ3v) is 5.66. The van der Waals surface area contributed by atoms with Crippen LogP contribution in [0.25, 0.3) is 0 Å². The van der Waals surface area contributed by atoms with Crippen molar-refractivity contribution >= 4 is 40.7 Å². The second kappa shape index (κ2) is 11.8. The van der Waals surface area contributed by atoms with Gasteiger partial charge in [0, 0.05) is 41.9 Å². The summed E-state index contributed by atoms with van der Waals surface area (Å²) in [6.07, 6.45) is 0. The van der Waals surface area contributed by atoms with Crippen LogP contribution in [-0.4, -0.2) is 59.4 Å². The Labute approximate surface area is 178 Å². The first-order valence-electron chi connectivity index (χ1n) is 8.65. The molecule has 0 heterocycles. The minimum absolute atomic E-state index is 0. The summed E-state index contributed by atoms with van der Waals surface area (Å²) in [5.41, 5.74) is 2.40. The van der Waals surface area contributed by atoms with E-state index in [0.29, 0.717) is 18.9 Å². The summed E-state index contributed by atoms with van der Waals surface area (Å²) in [5.74, 6) is 2.29. The Hall–Kier alpha value is -0.830. The number of aryl methyl sites for hydroxylation is 2. The van der Waals surface area contributed by atoms with E-state index in [-0.39, 0.29) is 28.7 Å². The summed E-state index contributed by atoms with van der Waals surface area (Å²) >= 11 is 0. The number of halogens is 1. The molecule has 0 saturated carbocycles. The molecule has 1 atom stereocenters. The Morgan fingerprint density at radius 2 is 1.81 bits per heavy atom. The zero-order chi connectivity index (χ0) is 19.0. The van der Waals surface area contributed by atoms with Crippen molar-refractivity contribution in [2.75, 3.05) is 39.5 Å². The van der Waals surface area contributed by atoms with Crippen molar-refractivity contribution in [3.05, 3.63) is 29.3 Å². The van der Waals surface area contributed by atoms with Crippen LogP contribution in [0.5, 0.6) is 5.75 Å². The number of likely N-dealkylation sites (N-methyl/N-ethyl adjacent to an activating group) is 1. The molecule has 5 nitrogen and oxygen atoms in total. The molecular formula is C19H34IN3O2S. The highest BCUT2D eigenvalue weighted by atomic mass is 127. The first-order chi connectivity index (χ1) is 11.6. The Morgan fingerprint density at radius 1 is 1.23 bits per heavy atom. The zero-order valence-electron chi connectivity index (χ0n) is 17.1. The molecule has 1 aromatic rings. The first kappa shape index (κ1) is 25.2. The Balaban J connectivity index is 0.00000625. The average molecular weight is 495 g/mol. The summed E-state index contributed by atoms with van der Waals surface area (Å²) in [6.45, 7) is 12.1. The molecule has 7 heteroatoms. The number of ether oxygens (including phenoxy) is 1. The van der Waals surface area contributed by atoms with Gasteiger partial charge in [0.1, 0.15) is 12.4 Å². The van der Waals surface area contributed by atoms with Gasteiger partial charge in [0.15, 0.2) is 5.96 Å². The van der Waals surface area contributed by atoms with Gasteiger partial charge in [-0.25, -0.2) is 0 Å². The molecule has 1 unspecified atom stereocenters. The lowest BCUT2D eigenvalue weighted by Crippen LogP contribution is -2.43. The van der Waals surface area contributed by atoms with Crippen molar-refractivity contribution in [3.8, 4) is 5.75 Å². The van der Waals surface area contributed by atoms with Crippen LogP contribution in [0.3, 0.4) is 0 Å². The fourth-order valence-corrected chi connectivity index (χ4v) is 3.27. The molecule has 0 aliphatic rings. The molecule has 0 aromatic heterocycles. The number of rotatable bonds is 7. The van der Waals surface area contributed by atoms with E-state index in [1.165, 1.54) is 11.1 Å². The number of guanidine groups is 1. The maximum absolute atomic E-state index is 12.1. The quantitative estimate of drug-likeness (QED) is 0.358. The van der Waals surface area contributed by atoms with Crippen molar-refractivity contribution in [2.45, 2.75) is 39.4 Å². The molecule has 150 valence electrons. The summed E-state index contributed by atoms with van der Waals surface area (Å²) in [4.78, 5) is 6.29. The van der Waals surface area contributed by atoms with Crippen LogP contribution < -0.4 is 10.1 Å². The molecule has 1 rings (SSSR count). The van der Waals surface area contributed by atoms with Crippen molar-refractivity contribution < 1.29 is 8.95 Å². The van der Waals surface area contributed by atoms with Crippen molar-refractivity contribution in [2.24, 2.45) is 4.99 Å². The van der Waals surface area contributed by atoms with Crippen LogP contribution in [0, 0.1) is 13.8 Å². The van der Waals surface area contributed by atoms with Crippen LogP contribution in [0.15, 0.2) is 23.2 Å². The van der Waals surface area contributed by atoms with Gasteiger partial charge in [0.2, 0.25) is 0 Å². The Morgan fingerprint density at radius 3 is 2.31 bits per heavy atom. The third-order valence-electron chi connectivity index (χ3n) is 3.72. The van der Waals surface area contributed by atoms with E-state index >= 15 is 0 Å². The standard InChI is InChI=1S/C19H33N3O2S.HI/c1-15-12-16(2)14-17(13-15)24-10-9-22(7)18(20-6)21-8-11-25(23)19(3,4)5;/h12-14H,8-11H2,1-7H3,(H,20,21);1H. The lowest BCUT2D eigenvalue weighted by molar-refractivity contribution is 0.281. The van der Waals surface area contributed by atoms with Crippen LogP contribution in [0.2, 0.25) is 0 Å². The normalized spacial score (nSPS) is 13.0. The molecule has 0 radical (unpaired) electrons. The molecule has 0 aliphatic carbocycles. The SMILES string of the molecule is CN=C(NCCS(=O)C(C)(C)C)N(C)CCOc1cc(C)cc(C)c1.I. The van der Waals surface area contributed by atoms with Gasteiger partial charge in [-0.05, 0) is 57.9 Å². The Kier molecular flexibility index (Phi) is 11.4. The predicted octanol–water partition coefficient (Wildman–Crippen LogP) is 3.35. The smallest absolute Gasteiger partial charge is 0.193 e. The minimum atomic E-state index is -0.865. The van der Waals surface area contributed by atoms with Crippen LogP contribution >= 0.6 is 24.0 Å². The third kappa shape index (κ3) is 9.21. The zero-order valence-corrected chi connectivity index (χ0v) is 20.2. The summed E-state index contributed by atoms with van der Waals surface area (Å²) in [5, 5.41) is 3.27. The van der Waals surface area contributed by atoms with Gasteiger partial charge < -0.3 is 15.0 Å². The molecular weight excluding hydrogens is 461 g/mol. The van der Waals surface area contributed by atoms with Crippen LogP contribution in [-0.2, 0) is 10.8 Å². The predicted molar refractivity (Wildman–Crippen MR) is 124 cm³/mol. The number of hydrogen-bond acceptors (Lipinski definition) is 3. The fraction of sp³-hybridized carbons (Fsp3) is 0.632. The van der Waals surface area contributed by atoms with E-state index in [2.05, 4.69) is 30.2 Å². The largest absolute Gasteiger partial charge is 0.492 e. The second-order valence-electron chi connectivity index (χ2n) is 7.23. The molecule has 0 bridgehead atoms. The second-order valence-corrected chi connectivity index (χ2v) is 9.55. The highest BCUT2D eigenvalue weighted by Gasteiger charge is 2.19. The Bertz CT molecular complexity index is 595. The van der Waals surface area contributed by atoms with Gasteiger partial charge in [0.25, 0.3) is 0 Å². The summed E-state index contributed by atoms with van der Waals surface area (Å²) < 4.78 is 17.7. The molecule has 0 saturated heterocycles. The van der Waals surface area contributed by atoms with Crippen molar-refractivity contribution in [1.29, 1.82) is 0 Å². The van der Waals surface area contributed by atoms with Gasteiger partial charge in [0.05, 0.1) is 6.54 Å². The average Bonchev–Trinajstić information content (AvgIpc) is 2.49. The number of benzene rings is 1. The fourth-order valence-electron chi connectivity index (χ4n) is 2.37. The highest BCUT2D eigenvalue weighted by molar-refractivity contribution is 14.0. The van der Waals surface area contributed by atoms with E-state index < -0.39 is 10.8 Å². The van der Waals surface area contributed by atoms with Gasteiger partial charge in [-0.1, -0.05) is 6.07 Å². The lowest BCUT2D eigenvalue weighted by Gasteiger charge is -2.23. The van der Waals surface area contributed by atoms with Crippen LogP contribution in [0.4, 0.5) is 0 Å². The molecule has 1 aromatic carbocycles. The topological polar surface area (TPSA) is 53.9 Å². The van der Waals surface area contributed by atoms with Crippen LogP contribution in [0.1, 0.15) is 31.9 Å². The van der Waals surface area contributed by atoms with E-state index in [4.69, 9.17) is 4.74 Å². The van der Waals surface area contributed by atoms with Crippen molar-refractivity contribution in [3.63, 3.8) is 0 Å². The number of hydrogen-bond donors (Lipinski definition) is 1. The van der Waals surface area contributed by atoms with Gasteiger partial charge >= 0.3 is 0 Å². The van der Waals surface area contributed by atoms with E-state index in [9.17, 15) is 4.21 Å². The lowest BCUT2D eigenvalue weighted by atomic mass is 10.1. The molecule has 1 N–H and O–H groups in total. The molecule has 0 aliphatic heterocycles. The highest BCUT2D eigenvalue weighted by Crippen LogP contribution is 2.16. The molecule has 0 fully saturated rings. The van der Waals surface area contributed by atoms with E-state index in [1.54, 1.807) is 7.05 Å².